The van der Waals surface area contributed by atoms with Crippen molar-refractivity contribution in [3.05, 3.63) is 24.0 Å². The Labute approximate surface area is 76.7 Å². The molecule has 0 aliphatic rings. The number of carbonyl (C=O) groups is 1. The van der Waals surface area contributed by atoms with E-state index in [1.165, 1.54) is 0 Å². The Morgan fingerprint density at radius 2 is 2.38 bits per heavy atom. The van der Waals surface area contributed by atoms with E-state index in [-0.39, 0.29) is 12.3 Å². The van der Waals surface area contributed by atoms with E-state index < -0.39 is 0 Å². The molecule has 13 heavy (non-hydrogen) atoms. The average Bonchev–Trinajstić information content (AvgIpc) is 2.08. The maximum Gasteiger partial charge on any atom is 0.223 e. The lowest BCUT2D eigenvalue weighted by atomic mass is 10.2. The fourth-order valence-corrected chi connectivity index (χ4v) is 0.946. The molecule has 1 aromatic rings. The minimum absolute atomic E-state index is 0.173. The van der Waals surface area contributed by atoms with E-state index in [4.69, 9.17) is 10.5 Å². The molecule has 4 heteroatoms. The van der Waals surface area contributed by atoms with Gasteiger partial charge in [-0.05, 0) is 19.1 Å². The van der Waals surface area contributed by atoms with Crippen molar-refractivity contribution in [3.63, 3.8) is 0 Å². The Hall–Kier alpha value is -1.58. The molecule has 0 radical (unpaired) electrons. The predicted molar refractivity (Wildman–Crippen MR) is 48.3 cm³/mol. The molecule has 0 saturated carbocycles. The highest BCUT2D eigenvalue weighted by Crippen LogP contribution is 2.08. The second kappa shape index (κ2) is 4.45. The van der Waals surface area contributed by atoms with Crippen molar-refractivity contribution in [1.82, 2.24) is 4.98 Å². The smallest absolute Gasteiger partial charge is 0.223 e. The summed E-state index contributed by atoms with van der Waals surface area (Å²) in [5.74, 6) is 0.326. The zero-order valence-corrected chi connectivity index (χ0v) is 7.49. The van der Waals surface area contributed by atoms with Crippen LogP contribution in [0.4, 0.5) is 0 Å². The molecule has 1 aromatic heterocycles. The molecule has 2 N–H and O–H groups in total. The van der Waals surface area contributed by atoms with Crippen LogP contribution < -0.4 is 10.5 Å². The third kappa shape index (κ3) is 3.11. The molecule has 1 rings (SSSR count). The summed E-state index contributed by atoms with van der Waals surface area (Å²) in [7, 11) is 0. The molecule has 0 atom stereocenters. The number of hydrogen-bond acceptors (Lipinski definition) is 3. The molecule has 0 spiro atoms. The van der Waals surface area contributed by atoms with E-state index in [9.17, 15) is 4.79 Å². The van der Waals surface area contributed by atoms with Crippen LogP contribution in [0.2, 0.25) is 0 Å². The van der Waals surface area contributed by atoms with Gasteiger partial charge >= 0.3 is 0 Å². The van der Waals surface area contributed by atoms with Gasteiger partial charge < -0.3 is 10.5 Å². The van der Waals surface area contributed by atoms with Crippen LogP contribution in [-0.2, 0) is 11.2 Å². The van der Waals surface area contributed by atoms with Crippen molar-refractivity contribution in [3.8, 4) is 5.75 Å². The highest BCUT2D eigenvalue weighted by molar-refractivity contribution is 5.76. The summed E-state index contributed by atoms with van der Waals surface area (Å²) in [6, 6.07) is 3.50. The number of primary amides is 1. The molecule has 0 fully saturated rings. The van der Waals surface area contributed by atoms with E-state index in [0.717, 1.165) is 0 Å². The number of aromatic nitrogens is 1. The summed E-state index contributed by atoms with van der Waals surface area (Å²) < 4.78 is 5.19. The van der Waals surface area contributed by atoms with Gasteiger partial charge in [0, 0.05) is 5.69 Å². The fraction of sp³-hybridized carbons (Fsp3) is 0.333. The number of rotatable bonds is 4. The van der Waals surface area contributed by atoms with Crippen LogP contribution in [0.15, 0.2) is 18.3 Å². The van der Waals surface area contributed by atoms with Crippen LogP contribution in [0.1, 0.15) is 12.6 Å². The number of carbonyl (C=O) groups excluding carboxylic acids is 1. The van der Waals surface area contributed by atoms with Gasteiger partial charge in [0.25, 0.3) is 0 Å². The number of nitrogens with two attached hydrogens (primary N) is 1. The molecule has 0 unspecified atom stereocenters. The maximum atomic E-state index is 10.5. The quantitative estimate of drug-likeness (QED) is 0.734. The number of pyridine rings is 1. The Bertz CT molecular complexity index is 282. The summed E-state index contributed by atoms with van der Waals surface area (Å²) >= 11 is 0. The molecule has 1 amide bonds. The first-order valence-electron chi connectivity index (χ1n) is 4.08. The SMILES string of the molecule is CCOc1ccc(CC(N)=O)nc1. The largest absolute Gasteiger partial charge is 0.492 e. The molecule has 4 nitrogen and oxygen atoms in total. The fourth-order valence-electron chi connectivity index (χ4n) is 0.946. The summed E-state index contributed by atoms with van der Waals surface area (Å²) in [5, 5.41) is 0. The van der Waals surface area contributed by atoms with Gasteiger partial charge in [0.1, 0.15) is 5.75 Å². The van der Waals surface area contributed by atoms with Crippen molar-refractivity contribution >= 4 is 5.91 Å². The number of hydrogen-bond donors (Lipinski definition) is 1. The predicted octanol–water partition coefficient (Wildman–Crippen LogP) is 0.508. The van der Waals surface area contributed by atoms with E-state index in [0.29, 0.717) is 18.1 Å². The van der Waals surface area contributed by atoms with E-state index in [1.807, 2.05) is 6.92 Å². The topological polar surface area (TPSA) is 65.2 Å². The number of amides is 1. The third-order valence-electron chi connectivity index (χ3n) is 1.46. The lowest BCUT2D eigenvalue weighted by Crippen LogP contribution is -2.14. The van der Waals surface area contributed by atoms with E-state index >= 15 is 0 Å². The molecule has 0 aliphatic heterocycles. The lowest BCUT2D eigenvalue weighted by Gasteiger charge is -2.02. The standard InChI is InChI=1S/C9H12N2O2/c1-2-13-8-4-3-7(11-6-8)5-9(10)12/h3-4,6H,2,5H2,1H3,(H2,10,12). The monoisotopic (exact) mass is 180 g/mol. The highest BCUT2D eigenvalue weighted by atomic mass is 16.5. The van der Waals surface area contributed by atoms with Crippen LogP contribution >= 0.6 is 0 Å². The number of ether oxygens (including phenoxy) is 1. The normalized spacial score (nSPS) is 9.62. The Morgan fingerprint density at radius 3 is 2.85 bits per heavy atom. The molecule has 70 valence electrons. The molecule has 0 bridgehead atoms. The summed E-state index contributed by atoms with van der Waals surface area (Å²) in [4.78, 5) is 14.5. The summed E-state index contributed by atoms with van der Waals surface area (Å²) in [5.41, 5.74) is 5.67. The summed E-state index contributed by atoms with van der Waals surface area (Å²) in [6.45, 7) is 2.51. The zero-order valence-electron chi connectivity index (χ0n) is 7.49. The Balaban J connectivity index is 2.64. The van der Waals surface area contributed by atoms with Crippen LogP contribution in [-0.4, -0.2) is 17.5 Å². The first kappa shape index (κ1) is 9.51. The zero-order chi connectivity index (χ0) is 9.68. The average molecular weight is 180 g/mol. The van der Waals surface area contributed by atoms with Crippen molar-refractivity contribution in [2.24, 2.45) is 5.73 Å². The van der Waals surface area contributed by atoms with E-state index in [2.05, 4.69) is 4.98 Å². The molecule has 1 heterocycles. The van der Waals surface area contributed by atoms with Gasteiger partial charge in [0.05, 0.1) is 19.2 Å². The van der Waals surface area contributed by atoms with Crippen molar-refractivity contribution in [2.45, 2.75) is 13.3 Å². The van der Waals surface area contributed by atoms with Gasteiger partial charge in [0.2, 0.25) is 5.91 Å². The molecule has 0 aromatic carbocycles. The number of nitrogens with zero attached hydrogens (tertiary/aromatic N) is 1. The van der Waals surface area contributed by atoms with Gasteiger partial charge in [-0.15, -0.1) is 0 Å². The van der Waals surface area contributed by atoms with Gasteiger partial charge in [-0.3, -0.25) is 9.78 Å². The van der Waals surface area contributed by atoms with Crippen LogP contribution in [0.3, 0.4) is 0 Å². The molecule has 0 saturated heterocycles. The third-order valence-corrected chi connectivity index (χ3v) is 1.46. The van der Waals surface area contributed by atoms with Crippen molar-refractivity contribution in [2.75, 3.05) is 6.61 Å². The van der Waals surface area contributed by atoms with Gasteiger partial charge in [-0.2, -0.15) is 0 Å². The van der Waals surface area contributed by atoms with Crippen LogP contribution in [0.5, 0.6) is 5.75 Å². The second-order valence-electron chi connectivity index (χ2n) is 2.56. The minimum Gasteiger partial charge on any atom is -0.492 e. The van der Waals surface area contributed by atoms with Crippen molar-refractivity contribution in [1.29, 1.82) is 0 Å². The van der Waals surface area contributed by atoms with Gasteiger partial charge in [0.15, 0.2) is 0 Å². The van der Waals surface area contributed by atoms with Crippen LogP contribution in [0.25, 0.3) is 0 Å². The second-order valence-corrected chi connectivity index (χ2v) is 2.56. The van der Waals surface area contributed by atoms with E-state index in [1.54, 1.807) is 18.3 Å². The molecular formula is C9H12N2O2. The Kier molecular flexibility index (Phi) is 3.25. The highest BCUT2D eigenvalue weighted by Gasteiger charge is 1.99. The molecular weight excluding hydrogens is 168 g/mol. The van der Waals surface area contributed by atoms with Gasteiger partial charge in [-0.1, -0.05) is 0 Å². The van der Waals surface area contributed by atoms with Crippen molar-refractivity contribution < 1.29 is 9.53 Å². The molecule has 0 aliphatic carbocycles. The summed E-state index contributed by atoms with van der Waals surface area (Å²) in [6.07, 6.45) is 1.76. The maximum absolute atomic E-state index is 10.5. The first-order valence-corrected chi connectivity index (χ1v) is 4.08. The van der Waals surface area contributed by atoms with Crippen LogP contribution in [0, 0.1) is 0 Å². The minimum atomic E-state index is -0.378. The lowest BCUT2D eigenvalue weighted by molar-refractivity contribution is -0.117. The Morgan fingerprint density at radius 1 is 1.62 bits per heavy atom. The van der Waals surface area contributed by atoms with Gasteiger partial charge in [-0.25, -0.2) is 0 Å². The first-order chi connectivity index (χ1) is 6.22.